The molecular formula is C54H68N4O6. The molecule has 4 aliphatic carbocycles. The van der Waals surface area contributed by atoms with Gasteiger partial charge in [0.05, 0.1) is 34.0 Å². The third-order valence-electron chi connectivity index (χ3n) is 15.8. The minimum Gasteiger partial charge on any atom is -0.390 e. The van der Waals surface area contributed by atoms with Crippen LogP contribution in [0.5, 0.6) is 0 Å². The van der Waals surface area contributed by atoms with Crippen molar-refractivity contribution in [2.75, 3.05) is 10.6 Å². The lowest BCUT2D eigenvalue weighted by atomic mass is 9.56. The van der Waals surface area contributed by atoms with E-state index in [1.807, 2.05) is 50.2 Å². The van der Waals surface area contributed by atoms with E-state index in [4.69, 9.17) is 0 Å². The number of benzene rings is 2. The zero-order valence-electron chi connectivity index (χ0n) is 38.8. The van der Waals surface area contributed by atoms with Crippen molar-refractivity contribution in [2.24, 2.45) is 11.8 Å². The number of pyridine rings is 2. The van der Waals surface area contributed by atoms with Crippen LogP contribution in [0.25, 0.3) is 0 Å². The normalized spacial score (nSPS) is 27.2. The van der Waals surface area contributed by atoms with Gasteiger partial charge in [-0.05, 0) is 173 Å². The first-order valence-corrected chi connectivity index (χ1v) is 23.9. The summed E-state index contributed by atoms with van der Waals surface area (Å²) < 4.78 is 0. The average Bonchev–Trinajstić information content (AvgIpc) is 3.48. The van der Waals surface area contributed by atoms with Gasteiger partial charge >= 0.3 is 0 Å². The summed E-state index contributed by atoms with van der Waals surface area (Å²) >= 11 is 0. The molecule has 10 nitrogen and oxygen atoms in total. The van der Waals surface area contributed by atoms with E-state index in [1.54, 1.807) is 36.7 Å². The lowest BCUT2D eigenvalue weighted by Crippen LogP contribution is -2.47. The zero-order valence-corrected chi connectivity index (χ0v) is 38.8. The summed E-state index contributed by atoms with van der Waals surface area (Å²) in [6.07, 6.45) is 16.1. The summed E-state index contributed by atoms with van der Waals surface area (Å²) in [5.74, 6) is 0.302. The van der Waals surface area contributed by atoms with E-state index in [9.17, 15) is 29.4 Å². The number of carbonyl (C=O) groups is 4. The van der Waals surface area contributed by atoms with Crippen molar-refractivity contribution in [1.29, 1.82) is 0 Å². The average molecular weight is 869 g/mol. The maximum atomic E-state index is 13.2. The third kappa shape index (κ3) is 9.23. The van der Waals surface area contributed by atoms with E-state index in [-0.39, 0.29) is 46.0 Å². The molecule has 8 rings (SSSR count). The quantitative estimate of drug-likeness (QED) is 0.123. The number of anilines is 2. The van der Waals surface area contributed by atoms with Crippen LogP contribution in [0.1, 0.15) is 194 Å². The Morgan fingerprint density at radius 1 is 0.625 bits per heavy atom. The molecule has 0 unspecified atom stereocenters. The molecule has 2 saturated carbocycles. The lowest BCUT2D eigenvalue weighted by Gasteiger charge is -2.50. The summed E-state index contributed by atoms with van der Waals surface area (Å²) in [7, 11) is 0. The number of amides is 2. The van der Waals surface area contributed by atoms with Gasteiger partial charge in [0.25, 0.3) is 11.8 Å². The smallest absolute Gasteiger partial charge is 0.255 e. The summed E-state index contributed by atoms with van der Waals surface area (Å²) in [6.45, 7) is 12.3. The van der Waals surface area contributed by atoms with Gasteiger partial charge in [-0.25, -0.2) is 0 Å². The van der Waals surface area contributed by atoms with E-state index in [1.165, 1.54) is 0 Å². The van der Waals surface area contributed by atoms with E-state index in [0.717, 1.165) is 112 Å². The number of hydrogen-bond acceptors (Lipinski definition) is 8. The van der Waals surface area contributed by atoms with Crippen molar-refractivity contribution in [3.05, 3.63) is 118 Å². The molecule has 4 aliphatic rings. The van der Waals surface area contributed by atoms with E-state index < -0.39 is 11.2 Å². The number of carbonyl (C=O) groups excluding carboxylic acids is 4. The van der Waals surface area contributed by atoms with Gasteiger partial charge < -0.3 is 20.8 Å². The number of ketones is 2. The molecule has 0 aliphatic heterocycles. The van der Waals surface area contributed by atoms with Crippen molar-refractivity contribution >= 4 is 34.8 Å². The Morgan fingerprint density at radius 3 is 1.39 bits per heavy atom. The van der Waals surface area contributed by atoms with Gasteiger partial charge in [0.1, 0.15) is 0 Å². The minimum atomic E-state index is -0.618. The van der Waals surface area contributed by atoms with Gasteiger partial charge in [-0.1, -0.05) is 52.7 Å². The molecular weight excluding hydrogens is 801 g/mol. The Labute approximate surface area is 379 Å². The number of aryl methyl sites for hydroxylation is 2. The second-order valence-electron chi connectivity index (χ2n) is 19.4. The van der Waals surface area contributed by atoms with Crippen molar-refractivity contribution in [3.63, 3.8) is 0 Å². The number of aromatic nitrogens is 2. The lowest BCUT2D eigenvalue weighted by molar-refractivity contribution is -0.0543. The monoisotopic (exact) mass is 869 g/mol. The first-order valence-electron chi connectivity index (χ1n) is 23.9. The molecule has 2 aromatic carbocycles. The molecule has 2 heterocycles. The molecule has 0 saturated heterocycles. The molecule has 4 aromatic rings. The van der Waals surface area contributed by atoms with Crippen LogP contribution in [0.2, 0.25) is 0 Å². The highest BCUT2D eigenvalue weighted by Gasteiger charge is 2.52. The fourth-order valence-electron chi connectivity index (χ4n) is 12.2. The van der Waals surface area contributed by atoms with Crippen LogP contribution in [0.15, 0.2) is 73.1 Å². The third-order valence-corrected chi connectivity index (χ3v) is 15.8. The number of Topliss-reactive ketones (excluding diaryl/α,β-unsaturated/α-hetero) is 2. The van der Waals surface area contributed by atoms with Gasteiger partial charge in [-0.15, -0.1) is 0 Å². The standard InChI is InChI=1S/2C27H34N2O3/c2*1-4-12-26(32)13-14-27(5-2)20(17-26)9-11-24(30)21-16-19(8-10-22(21)27)25(31)29-23-7-6-15-28-18(23)3/h2*6-8,10,15-16,20,32H,4-5,9,11-14,17H2,1-3H3,(H,29,31)/t2*20-,26+,27+/m10/s1. The topological polar surface area (TPSA) is 159 Å². The Hall–Kier alpha value is -5.06. The van der Waals surface area contributed by atoms with Gasteiger partial charge in [0.15, 0.2) is 11.6 Å². The fourth-order valence-corrected chi connectivity index (χ4v) is 12.2. The molecule has 2 fully saturated rings. The van der Waals surface area contributed by atoms with Crippen LogP contribution in [-0.2, 0) is 10.8 Å². The van der Waals surface area contributed by atoms with Crippen molar-refractivity contribution < 1.29 is 29.4 Å². The number of nitrogens with zero attached hydrogens (tertiary/aromatic N) is 2. The number of aliphatic hydroxyl groups is 2. The first-order chi connectivity index (χ1) is 30.6. The summed E-state index contributed by atoms with van der Waals surface area (Å²) in [5.41, 5.74) is 5.87. The predicted molar refractivity (Wildman–Crippen MR) is 252 cm³/mol. The molecule has 4 N–H and O–H groups in total. The number of rotatable bonds is 10. The Kier molecular flexibility index (Phi) is 14.1. The second kappa shape index (κ2) is 19.2. The molecule has 6 atom stereocenters. The predicted octanol–water partition coefficient (Wildman–Crippen LogP) is 11.2. The zero-order chi connectivity index (χ0) is 45.9. The van der Waals surface area contributed by atoms with Crippen LogP contribution < -0.4 is 10.6 Å². The first kappa shape index (κ1) is 46.9. The van der Waals surface area contributed by atoms with E-state index in [2.05, 4.69) is 48.3 Å². The van der Waals surface area contributed by atoms with Gasteiger partial charge in [0, 0.05) is 47.5 Å². The minimum absolute atomic E-state index is 0.105. The molecule has 340 valence electrons. The largest absolute Gasteiger partial charge is 0.390 e. The summed E-state index contributed by atoms with van der Waals surface area (Å²) in [6, 6.07) is 18.5. The van der Waals surface area contributed by atoms with Crippen LogP contribution in [-0.4, -0.2) is 54.8 Å². The molecule has 10 heteroatoms. The maximum absolute atomic E-state index is 13.2. The van der Waals surface area contributed by atoms with Crippen LogP contribution >= 0.6 is 0 Å². The van der Waals surface area contributed by atoms with Gasteiger partial charge in [0.2, 0.25) is 0 Å². The maximum Gasteiger partial charge on any atom is 0.255 e. The van der Waals surface area contributed by atoms with Crippen molar-refractivity contribution in [2.45, 2.75) is 166 Å². The SMILES string of the molecule is CCC[C@@]1(O)CC[C@@]2(CC)c3ccc(C(=O)Nc4cccnc4C)cc3C(=O)CC[C@H]2C1.CCC[C@]1(O)CC[C@]2(CC)c3ccc(C(=O)Nc4cccnc4C)cc3C(=O)CC[C@@H]2C1. The van der Waals surface area contributed by atoms with Gasteiger partial charge in [-0.3, -0.25) is 29.1 Å². The molecule has 2 amide bonds. The Morgan fingerprint density at radius 2 is 1.03 bits per heavy atom. The molecule has 0 bridgehead atoms. The van der Waals surface area contributed by atoms with Crippen molar-refractivity contribution in [1.82, 2.24) is 9.97 Å². The summed E-state index contributed by atoms with van der Waals surface area (Å²) in [4.78, 5) is 60.7. The fraction of sp³-hybridized carbons (Fsp3) is 0.519. The van der Waals surface area contributed by atoms with Crippen LogP contribution in [0.3, 0.4) is 0 Å². The Balaban J connectivity index is 0.000000191. The number of nitrogens with one attached hydrogen (secondary N) is 2. The van der Waals surface area contributed by atoms with Crippen LogP contribution in [0.4, 0.5) is 11.4 Å². The van der Waals surface area contributed by atoms with E-state index >= 15 is 0 Å². The second-order valence-corrected chi connectivity index (χ2v) is 19.4. The highest BCUT2D eigenvalue weighted by molar-refractivity contribution is 6.08. The van der Waals surface area contributed by atoms with Crippen molar-refractivity contribution in [3.8, 4) is 0 Å². The number of hydrogen-bond donors (Lipinski definition) is 4. The molecule has 0 spiro atoms. The highest BCUT2D eigenvalue weighted by atomic mass is 16.3. The number of fused-ring (bicyclic) bond motifs is 6. The molecule has 0 radical (unpaired) electrons. The highest BCUT2D eigenvalue weighted by Crippen LogP contribution is 2.56. The molecule has 64 heavy (non-hydrogen) atoms. The van der Waals surface area contributed by atoms with Crippen LogP contribution in [0, 0.1) is 25.7 Å². The van der Waals surface area contributed by atoms with Gasteiger partial charge in [-0.2, -0.15) is 0 Å². The molecule has 2 aromatic heterocycles. The summed E-state index contributed by atoms with van der Waals surface area (Å²) in [5, 5.41) is 28.2. The Bertz CT molecular complexity index is 2230. The van der Waals surface area contributed by atoms with E-state index in [0.29, 0.717) is 46.5 Å².